The number of hydrogen-bond acceptors (Lipinski definition) is 1. The Bertz CT molecular complexity index is 818. The number of benzene rings is 2. The first-order valence-electron chi connectivity index (χ1n) is 12.3. The normalized spacial score (nSPS) is 19.4. The van der Waals surface area contributed by atoms with Crippen molar-refractivity contribution in [3.05, 3.63) is 70.8 Å². The van der Waals surface area contributed by atoms with E-state index in [9.17, 15) is 0 Å². The lowest BCUT2D eigenvalue weighted by molar-refractivity contribution is 0.183. The fourth-order valence-corrected chi connectivity index (χ4v) is 5.63. The van der Waals surface area contributed by atoms with Crippen LogP contribution in [-0.4, -0.2) is 24.0 Å². The van der Waals surface area contributed by atoms with Gasteiger partial charge in [0.25, 0.3) is 0 Å². The van der Waals surface area contributed by atoms with E-state index in [-0.39, 0.29) is 9.75 Å². The van der Waals surface area contributed by atoms with Crippen LogP contribution in [0.5, 0.6) is 0 Å². The third kappa shape index (κ3) is 5.49. The zero-order valence-electron chi connectivity index (χ0n) is 19.2. The maximum Gasteiger partial charge on any atom is 0.0699 e. The molecule has 0 heterocycles. The first-order chi connectivity index (χ1) is 15.0. The molecule has 0 amide bonds. The summed E-state index contributed by atoms with van der Waals surface area (Å²) in [6, 6.07) is 18.2. The average molecular weight is 459 g/mol. The van der Waals surface area contributed by atoms with Crippen molar-refractivity contribution in [2.24, 2.45) is 0 Å². The molecule has 0 spiro atoms. The zero-order valence-corrected chi connectivity index (χ0v) is 20.7. The minimum Gasteiger partial charge on any atom is -0.300 e. The van der Waals surface area contributed by atoms with Gasteiger partial charge in [-0.3, -0.25) is 0 Å². The summed E-state index contributed by atoms with van der Waals surface area (Å²) in [5, 5.41) is 0. The molecule has 2 saturated carbocycles. The van der Waals surface area contributed by atoms with Gasteiger partial charge in [-0.05, 0) is 86.6 Å². The van der Waals surface area contributed by atoms with Crippen molar-refractivity contribution in [1.29, 1.82) is 0 Å². The number of rotatable bonds is 12. The Labute approximate surface area is 199 Å². The highest BCUT2D eigenvalue weighted by Crippen LogP contribution is 2.58. The molecule has 1 atom stereocenters. The Morgan fingerprint density at radius 1 is 0.806 bits per heavy atom. The molecule has 0 N–H and O–H groups in total. The van der Waals surface area contributed by atoms with Crippen molar-refractivity contribution in [2.75, 3.05) is 13.1 Å². The van der Waals surface area contributed by atoms with E-state index in [0.29, 0.717) is 6.04 Å². The third-order valence-corrected chi connectivity index (χ3v) is 8.44. The van der Waals surface area contributed by atoms with Gasteiger partial charge in [0.1, 0.15) is 0 Å². The quantitative estimate of drug-likeness (QED) is 0.293. The first-order valence-corrected chi connectivity index (χ1v) is 13.0. The molecule has 3 heteroatoms. The Kier molecular flexibility index (Phi) is 7.36. The lowest BCUT2D eigenvalue weighted by Crippen LogP contribution is -2.37. The second kappa shape index (κ2) is 9.86. The van der Waals surface area contributed by atoms with E-state index in [4.69, 9.17) is 23.2 Å². The van der Waals surface area contributed by atoms with Crippen LogP contribution in [0, 0.1) is 0 Å². The van der Waals surface area contributed by atoms with Crippen molar-refractivity contribution in [1.82, 2.24) is 4.90 Å². The van der Waals surface area contributed by atoms with Gasteiger partial charge in [0, 0.05) is 12.6 Å². The molecular weight excluding hydrogens is 421 g/mol. The van der Waals surface area contributed by atoms with Crippen molar-refractivity contribution in [3.63, 3.8) is 0 Å². The van der Waals surface area contributed by atoms with Gasteiger partial charge in [0.2, 0.25) is 0 Å². The maximum atomic E-state index is 6.94. The summed E-state index contributed by atoms with van der Waals surface area (Å²) < 4.78 is 0. The monoisotopic (exact) mass is 457 g/mol. The second-order valence-corrected chi connectivity index (χ2v) is 11.1. The van der Waals surface area contributed by atoms with Crippen LogP contribution in [0.3, 0.4) is 0 Å². The molecule has 2 aromatic rings. The predicted octanol–water partition coefficient (Wildman–Crippen LogP) is 7.81. The van der Waals surface area contributed by atoms with Crippen LogP contribution in [0.1, 0.15) is 81.0 Å². The van der Waals surface area contributed by atoms with Crippen molar-refractivity contribution in [2.45, 2.75) is 87.4 Å². The van der Waals surface area contributed by atoms with Crippen LogP contribution < -0.4 is 0 Å². The maximum absolute atomic E-state index is 6.94. The molecular formula is C28H37Cl2N. The van der Waals surface area contributed by atoms with E-state index < -0.39 is 0 Å². The van der Waals surface area contributed by atoms with E-state index in [1.807, 2.05) is 0 Å². The van der Waals surface area contributed by atoms with Crippen LogP contribution in [0.15, 0.2) is 48.5 Å². The lowest BCUT2D eigenvalue weighted by Gasteiger charge is -2.32. The molecule has 31 heavy (non-hydrogen) atoms. The van der Waals surface area contributed by atoms with Gasteiger partial charge in [-0.15, -0.1) is 23.2 Å². The minimum absolute atomic E-state index is 0.133. The summed E-state index contributed by atoms with van der Waals surface area (Å²) in [6.45, 7) is 6.93. The number of halogens is 2. The van der Waals surface area contributed by atoms with Crippen molar-refractivity contribution < 1.29 is 0 Å². The molecule has 168 valence electrons. The first kappa shape index (κ1) is 23.1. The van der Waals surface area contributed by atoms with Gasteiger partial charge >= 0.3 is 0 Å². The van der Waals surface area contributed by atoms with E-state index in [2.05, 4.69) is 67.3 Å². The van der Waals surface area contributed by atoms with Crippen LogP contribution in [0.25, 0.3) is 0 Å². The molecule has 0 radical (unpaired) electrons. The molecule has 0 saturated heterocycles. The summed E-state index contributed by atoms with van der Waals surface area (Å²) in [7, 11) is 0. The van der Waals surface area contributed by atoms with Gasteiger partial charge in [0.15, 0.2) is 0 Å². The number of hydrogen-bond donors (Lipinski definition) is 0. The van der Waals surface area contributed by atoms with E-state index >= 15 is 0 Å². The fourth-order valence-electron chi connectivity index (χ4n) is 5.09. The van der Waals surface area contributed by atoms with Crippen LogP contribution >= 0.6 is 23.2 Å². The highest BCUT2D eigenvalue weighted by Gasteiger charge is 2.48. The molecule has 0 aliphatic heterocycles. The van der Waals surface area contributed by atoms with Gasteiger partial charge < -0.3 is 4.90 Å². The van der Waals surface area contributed by atoms with Crippen molar-refractivity contribution in [3.8, 4) is 0 Å². The Hall–Kier alpha value is -1.02. The summed E-state index contributed by atoms with van der Waals surface area (Å²) in [5.74, 6) is 0. The predicted molar refractivity (Wildman–Crippen MR) is 134 cm³/mol. The van der Waals surface area contributed by atoms with Gasteiger partial charge in [-0.25, -0.2) is 0 Å². The summed E-state index contributed by atoms with van der Waals surface area (Å²) in [5.41, 5.74) is 5.61. The summed E-state index contributed by atoms with van der Waals surface area (Å²) >= 11 is 13.9. The largest absolute Gasteiger partial charge is 0.300 e. The molecule has 2 aliphatic rings. The molecule has 0 bridgehead atoms. The lowest BCUT2D eigenvalue weighted by atomic mass is 9.89. The standard InChI is InChI=1S/C28H37Cl2N/c1-3-20-31(21-15-22-9-6-5-7-10-22)23(4-2)13-14-24-25(27(29)16-17-27)11-8-12-26(24)28(30)18-19-28/h5-12,23H,3-4,13-21H2,1-2H3. The van der Waals surface area contributed by atoms with Gasteiger partial charge in [-0.1, -0.05) is 62.4 Å². The van der Waals surface area contributed by atoms with E-state index in [1.54, 1.807) is 0 Å². The third-order valence-electron chi connectivity index (χ3n) is 7.28. The summed E-state index contributed by atoms with van der Waals surface area (Å²) in [6.07, 6.45) is 10.1. The topological polar surface area (TPSA) is 3.24 Å². The van der Waals surface area contributed by atoms with Gasteiger partial charge in [-0.2, -0.15) is 0 Å². The van der Waals surface area contributed by atoms with Crippen molar-refractivity contribution >= 4 is 23.2 Å². The molecule has 2 fully saturated rings. The average Bonchev–Trinajstić information content (AvgIpc) is 3.72. The highest BCUT2D eigenvalue weighted by atomic mass is 35.5. The fraction of sp³-hybridized carbons (Fsp3) is 0.571. The molecule has 0 aromatic heterocycles. The Morgan fingerprint density at radius 3 is 1.94 bits per heavy atom. The van der Waals surface area contributed by atoms with Gasteiger partial charge in [0.05, 0.1) is 9.75 Å². The second-order valence-electron chi connectivity index (χ2n) is 9.63. The van der Waals surface area contributed by atoms with E-state index in [0.717, 1.165) is 45.1 Å². The molecule has 2 aromatic carbocycles. The number of alkyl halides is 2. The Balaban J connectivity index is 1.49. The Morgan fingerprint density at radius 2 is 1.42 bits per heavy atom. The minimum atomic E-state index is -0.133. The van der Waals surface area contributed by atoms with E-state index in [1.165, 1.54) is 48.1 Å². The smallest absolute Gasteiger partial charge is 0.0699 e. The van der Waals surface area contributed by atoms with Crippen LogP contribution in [-0.2, 0) is 22.6 Å². The zero-order chi connectivity index (χ0) is 21.9. The molecule has 4 rings (SSSR count). The molecule has 1 nitrogen and oxygen atoms in total. The highest BCUT2D eigenvalue weighted by molar-refractivity contribution is 6.27. The van der Waals surface area contributed by atoms with Crippen LogP contribution in [0.4, 0.5) is 0 Å². The SMILES string of the molecule is CCCN(CCc1ccccc1)C(CC)CCc1c(C2(Cl)CC2)cccc1C1(Cl)CC1. The molecule has 2 aliphatic carbocycles. The van der Waals surface area contributed by atoms with Crippen LogP contribution in [0.2, 0.25) is 0 Å². The summed E-state index contributed by atoms with van der Waals surface area (Å²) in [4.78, 5) is 2.45. The number of nitrogens with zero attached hydrogens (tertiary/aromatic N) is 1. The molecule has 1 unspecified atom stereocenters.